The first kappa shape index (κ1) is 18.4. The lowest BCUT2D eigenvalue weighted by Gasteiger charge is -2.31. The number of benzene rings is 1. The first-order chi connectivity index (χ1) is 13.7. The Morgan fingerprint density at radius 3 is 2.64 bits per heavy atom. The van der Waals surface area contributed by atoms with Crippen LogP contribution in [0.15, 0.2) is 65.5 Å². The fourth-order valence-electron chi connectivity index (χ4n) is 3.73. The topological polar surface area (TPSA) is 58.4 Å². The lowest BCUT2D eigenvalue weighted by atomic mass is 10.0. The number of nitrogens with zero attached hydrogens (tertiary/aromatic N) is 2. The van der Waals surface area contributed by atoms with E-state index in [1.54, 1.807) is 12.5 Å². The Balaban J connectivity index is 1.31. The third kappa shape index (κ3) is 4.31. The predicted octanol–water partition coefficient (Wildman–Crippen LogP) is 4.04. The van der Waals surface area contributed by atoms with Crippen molar-refractivity contribution in [3.8, 4) is 11.1 Å². The van der Waals surface area contributed by atoms with Crippen LogP contribution in [0.25, 0.3) is 11.1 Å². The van der Waals surface area contributed by atoms with Gasteiger partial charge in [0.05, 0.1) is 12.8 Å². The van der Waals surface area contributed by atoms with E-state index in [4.69, 9.17) is 4.42 Å². The van der Waals surface area contributed by atoms with Gasteiger partial charge >= 0.3 is 0 Å². The van der Waals surface area contributed by atoms with E-state index in [1.807, 2.05) is 55.6 Å². The van der Waals surface area contributed by atoms with E-state index in [0.717, 1.165) is 54.9 Å². The second kappa shape index (κ2) is 8.40. The number of hydrogen-bond donors (Lipinski definition) is 1. The molecular weight excluding hydrogens is 350 g/mol. The van der Waals surface area contributed by atoms with Gasteiger partial charge in [-0.3, -0.25) is 14.7 Å². The summed E-state index contributed by atoms with van der Waals surface area (Å²) in [5.41, 5.74) is 4.07. The minimum absolute atomic E-state index is 0.00230. The van der Waals surface area contributed by atoms with E-state index in [1.165, 1.54) is 0 Å². The van der Waals surface area contributed by atoms with Gasteiger partial charge in [-0.25, -0.2) is 0 Å². The molecule has 1 saturated heterocycles. The SMILES string of the molecule is Cc1cnccc1-c1ccc(C(=O)NC2CCN(Cc3ccco3)CC2)cc1. The van der Waals surface area contributed by atoms with Crippen LogP contribution < -0.4 is 5.32 Å². The molecule has 3 heterocycles. The molecule has 1 N–H and O–H groups in total. The van der Waals surface area contributed by atoms with Crippen LogP contribution in [0.3, 0.4) is 0 Å². The molecule has 3 aromatic rings. The maximum atomic E-state index is 12.6. The number of nitrogens with one attached hydrogen (secondary N) is 1. The van der Waals surface area contributed by atoms with Crippen molar-refractivity contribution in [2.75, 3.05) is 13.1 Å². The summed E-state index contributed by atoms with van der Waals surface area (Å²) in [6.07, 6.45) is 7.28. The molecule has 2 aromatic heterocycles. The Morgan fingerprint density at radius 1 is 1.18 bits per heavy atom. The Bertz CT molecular complexity index is 911. The number of carbonyl (C=O) groups is 1. The predicted molar refractivity (Wildman–Crippen MR) is 109 cm³/mol. The van der Waals surface area contributed by atoms with Crippen LogP contribution in [0.5, 0.6) is 0 Å². The molecule has 144 valence electrons. The largest absolute Gasteiger partial charge is 0.468 e. The summed E-state index contributed by atoms with van der Waals surface area (Å²) < 4.78 is 5.42. The molecule has 4 rings (SSSR count). The second-order valence-electron chi connectivity index (χ2n) is 7.37. The first-order valence-electron chi connectivity index (χ1n) is 9.76. The van der Waals surface area contributed by atoms with Crippen molar-refractivity contribution in [1.29, 1.82) is 0 Å². The fourth-order valence-corrected chi connectivity index (χ4v) is 3.73. The van der Waals surface area contributed by atoms with Crippen LogP contribution in [0, 0.1) is 6.92 Å². The van der Waals surface area contributed by atoms with Crippen molar-refractivity contribution in [1.82, 2.24) is 15.2 Å². The summed E-state index contributed by atoms with van der Waals surface area (Å²) in [5, 5.41) is 3.19. The zero-order valence-corrected chi connectivity index (χ0v) is 16.1. The number of rotatable bonds is 5. The Kier molecular flexibility index (Phi) is 5.53. The highest BCUT2D eigenvalue weighted by atomic mass is 16.3. The van der Waals surface area contributed by atoms with Crippen molar-refractivity contribution in [2.45, 2.75) is 32.4 Å². The summed E-state index contributed by atoms with van der Waals surface area (Å²) in [4.78, 5) is 19.1. The maximum Gasteiger partial charge on any atom is 0.251 e. The molecule has 0 bridgehead atoms. The minimum atomic E-state index is 0.00230. The molecule has 0 atom stereocenters. The fraction of sp³-hybridized carbons (Fsp3) is 0.304. The normalized spacial score (nSPS) is 15.5. The lowest BCUT2D eigenvalue weighted by molar-refractivity contribution is 0.0906. The second-order valence-corrected chi connectivity index (χ2v) is 7.37. The average molecular weight is 375 g/mol. The first-order valence-corrected chi connectivity index (χ1v) is 9.76. The van der Waals surface area contributed by atoms with Gasteiger partial charge < -0.3 is 9.73 Å². The number of pyridine rings is 1. The number of hydrogen-bond acceptors (Lipinski definition) is 4. The van der Waals surface area contributed by atoms with Crippen molar-refractivity contribution < 1.29 is 9.21 Å². The van der Waals surface area contributed by atoms with Gasteiger partial charge in [0.25, 0.3) is 5.91 Å². The van der Waals surface area contributed by atoms with Crippen LogP contribution in [0.1, 0.15) is 34.5 Å². The molecule has 5 heteroatoms. The zero-order valence-electron chi connectivity index (χ0n) is 16.1. The lowest BCUT2D eigenvalue weighted by Crippen LogP contribution is -2.44. The van der Waals surface area contributed by atoms with Crippen LogP contribution in [0.4, 0.5) is 0 Å². The van der Waals surface area contributed by atoms with Crippen molar-refractivity contribution in [2.24, 2.45) is 0 Å². The molecule has 1 aliphatic heterocycles. The Labute approximate surface area is 165 Å². The molecule has 1 fully saturated rings. The van der Waals surface area contributed by atoms with Gasteiger partial charge in [-0.1, -0.05) is 12.1 Å². The number of furan rings is 1. The monoisotopic (exact) mass is 375 g/mol. The molecular formula is C23H25N3O2. The molecule has 0 spiro atoms. The Morgan fingerprint density at radius 2 is 1.96 bits per heavy atom. The number of amides is 1. The molecule has 1 aliphatic rings. The van der Waals surface area contributed by atoms with Gasteiger partial charge in [-0.05, 0) is 66.8 Å². The highest BCUT2D eigenvalue weighted by Gasteiger charge is 2.21. The molecule has 5 nitrogen and oxygen atoms in total. The summed E-state index contributed by atoms with van der Waals surface area (Å²) in [6.45, 7) is 4.81. The Hall–Kier alpha value is -2.92. The quantitative estimate of drug-likeness (QED) is 0.731. The van der Waals surface area contributed by atoms with Crippen molar-refractivity contribution in [3.63, 3.8) is 0 Å². The smallest absolute Gasteiger partial charge is 0.251 e. The maximum absolute atomic E-state index is 12.6. The number of piperidine rings is 1. The molecule has 1 amide bonds. The zero-order chi connectivity index (χ0) is 19.3. The summed E-state index contributed by atoms with van der Waals surface area (Å²) in [5.74, 6) is 0.995. The molecule has 0 saturated carbocycles. The third-order valence-electron chi connectivity index (χ3n) is 5.36. The number of likely N-dealkylation sites (tertiary alicyclic amines) is 1. The molecule has 0 aliphatic carbocycles. The van der Waals surface area contributed by atoms with Crippen LogP contribution in [-0.2, 0) is 6.54 Å². The highest BCUT2D eigenvalue weighted by Crippen LogP contribution is 2.23. The molecule has 0 radical (unpaired) electrons. The van der Waals surface area contributed by atoms with Crippen LogP contribution >= 0.6 is 0 Å². The van der Waals surface area contributed by atoms with Gasteiger partial charge in [-0.15, -0.1) is 0 Å². The summed E-state index contributed by atoms with van der Waals surface area (Å²) >= 11 is 0. The van der Waals surface area contributed by atoms with E-state index >= 15 is 0 Å². The number of aryl methyl sites for hydroxylation is 1. The van der Waals surface area contributed by atoms with E-state index in [2.05, 4.69) is 15.2 Å². The molecule has 1 aromatic carbocycles. The van der Waals surface area contributed by atoms with E-state index in [-0.39, 0.29) is 11.9 Å². The molecule has 0 unspecified atom stereocenters. The third-order valence-corrected chi connectivity index (χ3v) is 5.36. The van der Waals surface area contributed by atoms with E-state index in [0.29, 0.717) is 5.56 Å². The van der Waals surface area contributed by atoms with E-state index < -0.39 is 0 Å². The van der Waals surface area contributed by atoms with Crippen molar-refractivity contribution in [3.05, 3.63) is 78.0 Å². The van der Waals surface area contributed by atoms with Gasteiger partial charge in [0, 0.05) is 37.1 Å². The highest BCUT2D eigenvalue weighted by molar-refractivity contribution is 5.94. The van der Waals surface area contributed by atoms with Crippen molar-refractivity contribution >= 4 is 5.91 Å². The number of carbonyl (C=O) groups excluding carboxylic acids is 1. The van der Waals surface area contributed by atoms with Crippen LogP contribution in [0.2, 0.25) is 0 Å². The summed E-state index contributed by atoms with van der Waals surface area (Å²) in [7, 11) is 0. The van der Waals surface area contributed by atoms with Crippen LogP contribution in [-0.4, -0.2) is 34.9 Å². The van der Waals surface area contributed by atoms with Gasteiger partial charge in [0.15, 0.2) is 0 Å². The summed E-state index contributed by atoms with van der Waals surface area (Å²) in [6, 6.07) is 14.0. The van der Waals surface area contributed by atoms with Gasteiger partial charge in [0.1, 0.15) is 5.76 Å². The standard InChI is InChI=1S/C23H25N3O2/c1-17-15-24-11-8-22(17)18-4-6-19(7-5-18)23(27)25-20-9-12-26(13-10-20)16-21-3-2-14-28-21/h2-8,11,14-15,20H,9-10,12-13,16H2,1H3,(H,25,27). The average Bonchev–Trinajstić information content (AvgIpc) is 3.23. The molecule has 28 heavy (non-hydrogen) atoms. The minimum Gasteiger partial charge on any atom is -0.468 e. The van der Waals surface area contributed by atoms with E-state index in [9.17, 15) is 4.79 Å². The van der Waals surface area contributed by atoms with Gasteiger partial charge in [-0.2, -0.15) is 0 Å². The number of aromatic nitrogens is 1. The van der Waals surface area contributed by atoms with Gasteiger partial charge in [0.2, 0.25) is 0 Å².